The Hall–Kier alpha value is -3.29. The van der Waals surface area contributed by atoms with Gasteiger partial charge in [0.15, 0.2) is 28.3 Å². The van der Waals surface area contributed by atoms with Gasteiger partial charge in [-0.3, -0.25) is 14.7 Å². The van der Waals surface area contributed by atoms with Crippen molar-refractivity contribution in [3.63, 3.8) is 0 Å². The predicted octanol–water partition coefficient (Wildman–Crippen LogP) is 2.25. The zero-order valence-corrected chi connectivity index (χ0v) is 19.3. The van der Waals surface area contributed by atoms with Gasteiger partial charge in [0, 0.05) is 30.4 Å². The molecule has 2 N–H and O–H groups in total. The summed E-state index contributed by atoms with van der Waals surface area (Å²) in [6.07, 6.45) is 1.53. The molecule has 0 bridgehead atoms. The second-order valence-electron chi connectivity index (χ2n) is 7.65. The van der Waals surface area contributed by atoms with E-state index in [1.807, 2.05) is 0 Å². The highest BCUT2D eigenvalue weighted by Gasteiger charge is 2.37. The summed E-state index contributed by atoms with van der Waals surface area (Å²) in [4.78, 5) is 35.1. The number of nitrogens with zero attached hydrogens (tertiary/aromatic N) is 3. The van der Waals surface area contributed by atoms with Gasteiger partial charge in [-0.1, -0.05) is 0 Å². The van der Waals surface area contributed by atoms with Crippen molar-refractivity contribution >= 4 is 29.1 Å². The van der Waals surface area contributed by atoms with Crippen molar-refractivity contribution in [2.45, 2.75) is 19.0 Å². The summed E-state index contributed by atoms with van der Waals surface area (Å²) in [7, 11) is 0. The highest BCUT2D eigenvalue weighted by molar-refractivity contribution is 7.11. The average Bonchev–Trinajstić information content (AvgIpc) is 3.37. The molecule has 0 aliphatic carbocycles. The maximum Gasteiger partial charge on any atom is 0.338 e. The van der Waals surface area contributed by atoms with Crippen molar-refractivity contribution in [1.29, 1.82) is 0 Å². The molecule has 2 aliphatic heterocycles. The molecular weight excluding hydrogens is 489 g/mol. The second-order valence-corrected chi connectivity index (χ2v) is 8.55. The number of aliphatic imine (C=N–C) groups is 1. The van der Waals surface area contributed by atoms with Crippen LogP contribution in [-0.2, 0) is 19.1 Å². The van der Waals surface area contributed by atoms with Crippen LogP contribution in [0.1, 0.15) is 23.5 Å². The van der Waals surface area contributed by atoms with Gasteiger partial charge in [-0.05, 0) is 24.6 Å². The molecule has 1 aromatic carbocycles. The molecule has 1 saturated heterocycles. The lowest BCUT2D eigenvalue weighted by Gasteiger charge is -2.35. The monoisotopic (exact) mass is 510 g/mol. The van der Waals surface area contributed by atoms with Crippen LogP contribution in [0.15, 0.2) is 40.0 Å². The topological polar surface area (TPSA) is 113 Å². The zero-order valence-electron chi connectivity index (χ0n) is 18.5. The van der Waals surface area contributed by atoms with Crippen LogP contribution in [0.25, 0.3) is 0 Å². The minimum atomic E-state index is -1.65. The number of nitrogens with one attached hydrogen (secondary N) is 1. The largest absolute Gasteiger partial charge is 0.480 e. The van der Waals surface area contributed by atoms with E-state index in [2.05, 4.69) is 15.3 Å². The standard InChI is InChI=1S/C22H21F3N4O5S/c1-2-34-22(32)16-14(9-29-4-5-33-10-15(29)21(30)31)27-19(20-26-3-6-35-20)28-18(16)11-7-12(23)17(25)13(24)8-11/h3,6-8,15,18H,2,4-5,9-10H2,1H3,(H,27,28)(H,30,31). The minimum absolute atomic E-state index is 0.00678. The summed E-state index contributed by atoms with van der Waals surface area (Å²) in [6, 6.07) is -0.715. The molecule has 0 spiro atoms. The molecule has 2 unspecified atom stereocenters. The molecule has 186 valence electrons. The summed E-state index contributed by atoms with van der Waals surface area (Å²) in [5, 5.41) is 14.8. The maximum absolute atomic E-state index is 14.1. The van der Waals surface area contributed by atoms with Gasteiger partial charge in [0.2, 0.25) is 0 Å². The number of carboxylic acids is 1. The van der Waals surface area contributed by atoms with Crippen molar-refractivity contribution < 1.29 is 37.3 Å². The highest BCUT2D eigenvalue weighted by atomic mass is 32.1. The van der Waals surface area contributed by atoms with Crippen molar-refractivity contribution in [3.05, 3.63) is 63.0 Å². The number of halogens is 3. The van der Waals surface area contributed by atoms with Gasteiger partial charge in [0.1, 0.15) is 12.1 Å². The van der Waals surface area contributed by atoms with Gasteiger partial charge in [-0.25, -0.2) is 22.9 Å². The molecule has 3 heterocycles. The summed E-state index contributed by atoms with van der Waals surface area (Å²) >= 11 is 1.23. The molecule has 0 amide bonds. The number of carbonyl (C=O) groups is 2. The van der Waals surface area contributed by atoms with E-state index in [1.165, 1.54) is 17.5 Å². The van der Waals surface area contributed by atoms with E-state index in [9.17, 15) is 27.9 Å². The summed E-state index contributed by atoms with van der Waals surface area (Å²) < 4.78 is 52.4. The van der Waals surface area contributed by atoms with Crippen molar-refractivity contribution in [3.8, 4) is 0 Å². The van der Waals surface area contributed by atoms with Crippen molar-refractivity contribution in [2.75, 3.05) is 32.9 Å². The third kappa shape index (κ3) is 5.21. The van der Waals surface area contributed by atoms with Crippen molar-refractivity contribution in [1.82, 2.24) is 15.2 Å². The number of benzene rings is 1. The van der Waals surface area contributed by atoms with Gasteiger partial charge in [0.05, 0.1) is 25.4 Å². The van der Waals surface area contributed by atoms with Crippen LogP contribution in [0.3, 0.4) is 0 Å². The molecule has 2 atom stereocenters. The van der Waals surface area contributed by atoms with E-state index in [0.717, 1.165) is 12.1 Å². The SMILES string of the molecule is CCOC(=O)C1=C(CN2CCOCC2C(=O)O)NC(c2nccs2)=NC1c1cc(F)c(F)c(F)c1. The number of aromatic nitrogens is 1. The first-order chi connectivity index (χ1) is 16.8. The van der Waals surface area contributed by atoms with Gasteiger partial charge >= 0.3 is 11.9 Å². The van der Waals surface area contributed by atoms with E-state index < -0.39 is 41.5 Å². The second kappa shape index (κ2) is 10.5. The van der Waals surface area contributed by atoms with E-state index in [1.54, 1.807) is 17.2 Å². The van der Waals surface area contributed by atoms with Crippen LogP contribution in [0.4, 0.5) is 13.2 Å². The van der Waals surface area contributed by atoms with Crippen LogP contribution in [0.5, 0.6) is 0 Å². The number of carboxylic acid groups (broad SMARTS) is 1. The highest BCUT2D eigenvalue weighted by Crippen LogP contribution is 2.34. The third-order valence-electron chi connectivity index (χ3n) is 5.46. The predicted molar refractivity (Wildman–Crippen MR) is 118 cm³/mol. The van der Waals surface area contributed by atoms with Crippen LogP contribution >= 0.6 is 11.3 Å². The molecule has 2 aromatic rings. The normalized spacial score (nSPS) is 20.9. The van der Waals surface area contributed by atoms with Crippen LogP contribution in [0.2, 0.25) is 0 Å². The average molecular weight is 510 g/mol. The zero-order chi connectivity index (χ0) is 25.1. The molecular formula is C22H21F3N4O5S. The van der Waals surface area contributed by atoms with Gasteiger partial charge < -0.3 is 19.9 Å². The fraction of sp³-hybridized carbons (Fsp3) is 0.364. The molecule has 9 nitrogen and oxygen atoms in total. The molecule has 2 aliphatic rings. The number of ether oxygens (including phenoxy) is 2. The number of rotatable bonds is 7. The molecule has 0 radical (unpaired) electrons. The first-order valence-corrected chi connectivity index (χ1v) is 11.5. The van der Waals surface area contributed by atoms with E-state index in [-0.39, 0.29) is 55.6 Å². The summed E-state index contributed by atoms with van der Waals surface area (Å²) in [5.74, 6) is -6.23. The molecule has 13 heteroatoms. The number of hydrogen-bond acceptors (Lipinski definition) is 9. The Morgan fingerprint density at radius 3 is 2.69 bits per heavy atom. The molecule has 0 saturated carbocycles. The Bertz CT molecular complexity index is 1160. The lowest BCUT2D eigenvalue weighted by molar-refractivity contribution is -0.149. The number of esters is 1. The molecule has 1 fully saturated rings. The lowest BCUT2D eigenvalue weighted by Crippen LogP contribution is -2.52. The van der Waals surface area contributed by atoms with Crippen LogP contribution < -0.4 is 5.32 Å². The number of morpholine rings is 1. The lowest BCUT2D eigenvalue weighted by atomic mass is 9.94. The van der Waals surface area contributed by atoms with Crippen LogP contribution in [-0.4, -0.2) is 71.7 Å². The van der Waals surface area contributed by atoms with E-state index >= 15 is 0 Å². The van der Waals surface area contributed by atoms with Crippen LogP contribution in [0, 0.1) is 17.5 Å². The maximum atomic E-state index is 14.1. The quantitative estimate of drug-likeness (QED) is 0.431. The Kier molecular flexibility index (Phi) is 7.48. The number of aliphatic carboxylic acids is 1. The van der Waals surface area contributed by atoms with Gasteiger partial charge in [-0.15, -0.1) is 11.3 Å². The number of hydrogen-bond donors (Lipinski definition) is 2. The first-order valence-electron chi connectivity index (χ1n) is 10.6. The number of thiazole rings is 1. The Morgan fingerprint density at radius 1 is 1.31 bits per heavy atom. The van der Waals surface area contributed by atoms with E-state index in [0.29, 0.717) is 5.01 Å². The molecule has 35 heavy (non-hydrogen) atoms. The molecule has 4 rings (SSSR count). The third-order valence-corrected chi connectivity index (χ3v) is 6.24. The molecule has 1 aromatic heterocycles. The Morgan fingerprint density at radius 2 is 2.06 bits per heavy atom. The van der Waals surface area contributed by atoms with E-state index in [4.69, 9.17) is 9.47 Å². The minimum Gasteiger partial charge on any atom is -0.480 e. The first kappa shape index (κ1) is 24.8. The van der Waals surface area contributed by atoms with Gasteiger partial charge in [0.25, 0.3) is 0 Å². The Balaban J connectivity index is 1.85. The fourth-order valence-corrected chi connectivity index (χ4v) is 4.44. The van der Waals surface area contributed by atoms with Crippen molar-refractivity contribution in [2.24, 2.45) is 4.99 Å². The van der Waals surface area contributed by atoms with Gasteiger partial charge in [-0.2, -0.15) is 0 Å². The fourth-order valence-electron chi connectivity index (χ4n) is 3.85. The smallest absolute Gasteiger partial charge is 0.338 e. The summed E-state index contributed by atoms with van der Waals surface area (Å²) in [6.45, 7) is 2.02. The Labute approximate surface area is 201 Å². The summed E-state index contributed by atoms with van der Waals surface area (Å²) in [5.41, 5.74) is 0.0365. The number of carbonyl (C=O) groups excluding carboxylic acids is 1. The number of amidine groups is 1.